The van der Waals surface area contributed by atoms with Crippen LogP contribution in [0, 0.1) is 0 Å². The van der Waals surface area contributed by atoms with E-state index >= 15 is 0 Å². The SMILES string of the molecule is CC(C)c1noc(C2CN(C(=O)c3csc(-c4ccccc4)n3)C2)n1. The molecule has 0 atom stereocenters. The Morgan fingerprint density at radius 2 is 2.00 bits per heavy atom. The maximum Gasteiger partial charge on any atom is 0.273 e. The Morgan fingerprint density at radius 3 is 2.68 bits per heavy atom. The number of aromatic nitrogens is 3. The molecule has 0 aliphatic carbocycles. The number of amides is 1. The second-order valence-corrected chi connectivity index (χ2v) is 7.31. The number of carbonyl (C=O) groups excluding carboxylic acids is 1. The molecule has 0 spiro atoms. The van der Waals surface area contributed by atoms with Crippen molar-refractivity contribution in [2.24, 2.45) is 0 Å². The summed E-state index contributed by atoms with van der Waals surface area (Å²) >= 11 is 1.49. The van der Waals surface area contributed by atoms with Crippen molar-refractivity contribution < 1.29 is 9.32 Å². The fourth-order valence-electron chi connectivity index (χ4n) is 2.70. The van der Waals surface area contributed by atoms with Gasteiger partial charge in [0, 0.05) is 30.0 Å². The zero-order valence-corrected chi connectivity index (χ0v) is 14.9. The first-order valence-corrected chi connectivity index (χ1v) is 9.13. The lowest BCUT2D eigenvalue weighted by Gasteiger charge is -2.36. The molecule has 0 N–H and O–H groups in total. The molecule has 3 aromatic rings. The van der Waals surface area contributed by atoms with Crippen LogP contribution in [0.1, 0.15) is 47.9 Å². The summed E-state index contributed by atoms with van der Waals surface area (Å²) in [5.41, 5.74) is 1.52. The summed E-state index contributed by atoms with van der Waals surface area (Å²) in [6, 6.07) is 9.89. The van der Waals surface area contributed by atoms with E-state index in [4.69, 9.17) is 4.52 Å². The Bertz CT molecular complexity index is 881. The molecule has 0 radical (unpaired) electrons. The van der Waals surface area contributed by atoms with E-state index in [1.807, 2.05) is 49.6 Å². The van der Waals surface area contributed by atoms with Crippen molar-refractivity contribution in [3.05, 3.63) is 53.1 Å². The first-order valence-electron chi connectivity index (χ1n) is 8.25. The van der Waals surface area contributed by atoms with Gasteiger partial charge in [0.2, 0.25) is 5.89 Å². The van der Waals surface area contributed by atoms with Crippen molar-refractivity contribution in [2.75, 3.05) is 13.1 Å². The van der Waals surface area contributed by atoms with Gasteiger partial charge in [0.15, 0.2) is 5.82 Å². The predicted octanol–water partition coefficient (Wildman–Crippen LogP) is 3.56. The number of likely N-dealkylation sites (tertiary alicyclic amines) is 1. The average molecular weight is 354 g/mol. The summed E-state index contributed by atoms with van der Waals surface area (Å²) < 4.78 is 5.31. The number of hydrogen-bond acceptors (Lipinski definition) is 6. The Morgan fingerprint density at radius 1 is 1.24 bits per heavy atom. The molecule has 128 valence electrons. The lowest BCUT2D eigenvalue weighted by Crippen LogP contribution is -2.48. The Balaban J connectivity index is 1.41. The van der Waals surface area contributed by atoms with Crippen LogP contribution in [0.25, 0.3) is 10.6 Å². The zero-order chi connectivity index (χ0) is 17.4. The zero-order valence-electron chi connectivity index (χ0n) is 14.0. The maximum absolute atomic E-state index is 12.6. The molecule has 1 aliphatic heterocycles. The smallest absolute Gasteiger partial charge is 0.273 e. The van der Waals surface area contributed by atoms with Crippen LogP contribution in [0.3, 0.4) is 0 Å². The third-order valence-electron chi connectivity index (χ3n) is 4.24. The van der Waals surface area contributed by atoms with E-state index in [0.717, 1.165) is 10.6 Å². The van der Waals surface area contributed by atoms with Crippen LogP contribution in [0.5, 0.6) is 0 Å². The van der Waals surface area contributed by atoms with E-state index < -0.39 is 0 Å². The highest BCUT2D eigenvalue weighted by Crippen LogP contribution is 2.29. The standard InChI is InChI=1S/C18H18N4O2S/c1-11(2)15-20-16(24-21-15)13-8-22(9-13)18(23)14-10-25-17(19-14)12-6-4-3-5-7-12/h3-7,10-11,13H,8-9H2,1-2H3. The highest BCUT2D eigenvalue weighted by atomic mass is 32.1. The molecule has 1 aromatic carbocycles. The number of thiazole rings is 1. The number of rotatable bonds is 4. The van der Waals surface area contributed by atoms with Crippen molar-refractivity contribution in [3.63, 3.8) is 0 Å². The van der Waals surface area contributed by atoms with Crippen LogP contribution in [0.2, 0.25) is 0 Å². The van der Waals surface area contributed by atoms with Crippen LogP contribution in [0.4, 0.5) is 0 Å². The first kappa shape index (κ1) is 16.0. The molecule has 0 saturated carbocycles. The van der Waals surface area contributed by atoms with Gasteiger partial charge in [-0.1, -0.05) is 49.3 Å². The Kier molecular flexibility index (Phi) is 4.09. The average Bonchev–Trinajstić information content (AvgIpc) is 3.24. The van der Waals surface area contributed by atoms with Crippen molar-refractivity contribution in [1.29, 1.82) is 0 Å². The van der Waals surface area contributed by atoms with Gasteiger partial charge in [-0.15, -0.1) is 11.3 Å². The van der Waals surface area contributed by atoms with Gasteiger partial charge >= 0.3 is 0 Å². The largest absolute Gasteiger partial charge is 0.339 e. The fraction of sp³-hybridized carbons (Fsp3) is 0.333. The number of nitrogens with zero attached hydrogens (tertiary/aromatic N) is 4. The van der Waals surface area contributed by atoms with Crippen molar-refractivity contribution in [2.45, 2.75) is 25.7 Å². The van der Waals surface area contributed by atoms with Crippen molar-refractivity contribution in [1.82, 2.24) is 20.0 Å². The Hall–Kier alpha value is -2.54. The van der Waals surface area contributed by atoms with Gasteiger partial charge in [-0.2, -0.15) is 4.98 Å². The fourth-order valence-corrected chi connectivity index (χ4v) is 3.50. The van der Waals surface area contributed by atoms with Gasteiger partial charge in [0.05, 0.1) is 5.92 Å². The van der Waals surface area contributed by atoms with Crippen LogP contribution in [-0.4, -0.2) is 39.0 Å². The minimum absolute atomic E-state index is 0.0433. The highest BCUT2D eigenvalue weighted by Gasteiger charge is 2.36. The molecule has 25 heavy (non-hydrogen) atoms. The molecule has 3 heterocycles. The lowest BCUT2D eigenvalue weighted by molar-refractivity contribution is 0.0564. The van der Waals surface area contributed by atoms with Crippen molar-refractivity contribution in [3.8, 4) is 10.6 Å². The monoisotopic (exact) mass is 354 g/mol. The maximum atomic E-state index is 12.6. The van der Waals surface area contributed by atoms with E-state index in [9.17, 15) is 4.79 Å². The Labute approximate surface area is 149 Å². The molecule has 7 heteroatoms. The van der Waals surface area contributed by atoms with Gasteiger partial charge in [0.25, 0.3) is 5.91 Å². The van der Waals surface area contributed by atoms with Gasteiger partial charge < -0.3 is 9.42 Å². The molecule has 1 saturated heterocycles. The summed E-state index contributed by atoms with van der Waals surface area (Å²) in [5.74, 6) is 1.65. The molecule has 1 fully saturated rings. The quantitative estimate of drug-likeness (QED) is 0.716. The van der Waals surface area contributed by atoms with Gasteiger partial charge in [-0.25, -0.2) is 4.98 Å². The third kappa shape index (κ3) is 3.07. The minimum Gasteiger partial charge on any atom is -0.339 e. The van der Waals surface area contributed by atoms with Gasteiger partial charge in [-0.05, 0) is 0 Å². The highest BCUT2D eigenvalue weighted by molar-refractivity contribution is 7.13. The minimum atomic E-state index is -0.0433. The molecule has 1 aliphatic rings. The van der Waals surface area contributed by atoms with Crippen LogP contribution < -0.4 is 0 Å². The van der Waals surface area contributed by atoms with Crippen molar-refractivity contribution >= 4 is 17.2 Å². The van der Waals surface area contributed by atoms with E-state index in [-0.39, 0.29) is 17.7 Å². The first-order chi connectivity index (χ1) is 12.1. The number of hydrogen-bond donors (Lipinski definition) is 0. The second-order valence-electron chi connectivity index (χ2n) is 6.46. The van der Waals surface area contributed by atoms with Crippen LogP contribution >= 0.6 is 11.3 Å². The summed E-state index contributed by atoms with van der Waals surface area (Å²) in [7, 11) is 0. The number of benzene rings is 1. The summed E-state index contributed by atoms with van der Waals surface area (Å²) in [6.07, 6.45) is 0. The molecule has 0 unspecified atom stereocenters. The summed E-state index contributed by atoms with van der Waals surface area (Å²) in [5, 5.41) is 6.66. The predicted molar refractivity (Wildman–Crippen MR) is 94.6 cm³/mol. The van der Waals surface area contributed by atoms with E-state index in [2.05, 4.69) is 15.1 Å². The molecule has 2 aromatic heterocycles. The van der Waals surface area contributed by atoms with E-state index in [1.54, 1.807) is 4.90 Å². The molecule has 0 bridgehead atoms. The van der Waals surface area contributed by atoms with Crippen LogP contribution in [-0.2, 0) is 0 Å². The van der Waals surface area contributed by atoms with Crippen LogP contribution in [0.15, 0.2) is 40.2 Å². The summed E-state index contributed by atoms with van der Waals surface area (Å²) in [4.78, 5) is 23.2. The van der Waals surface area contributed by atoms with Gasteiger partial charge in [-0.3, -0.25) is 4.79 Å². The molecule has 1 amide bonds. The molecule has 4 rings (SSSR count). The topological polar surface area (TPSA) is 72.1 Å². The third-order valence-corrected chi connectivity index (χ3v) is 5.13. The van der Waals surface area contributed by atoms with E-state index in [1.165, 1.54) is 11.3 Å². The molecular formula is C18H18N4O2S. The normalized spacial score (nSPS) is 14.8. The molecular weight excluding hydrogens is 336 g/mol. The van der Waals surface area contributed by atoms with Gasteiger partial charge in [0.1, 0.15) is 10.7 Å². The second kappa shape index (κ2) is 6.40. The lowest BCUT2D eigenvalue weighted by atomic mass is 9.99. The summed E-state index contributed by atoms with van der Waals surface area (Å²) in [6.45, 7) is 5.24. The van der Waals surface area contributed by atoms with E-state index in [0.29, 0.717) is 30.5 Å². The molecule has 6 nitrogen and oxygen atoms in total. The number of carbonyl (C=O) groups is 1.